The minimum Gasteiger partial charge on any atom is -0.481 e. The fourth-order valence-electron chi connectivity index (χ4n) is 2.80. The molecule has 0 bridgehead atoms. The van der Waals surface area contributed by atoms with Crippen LogP contribution in [0.3, 0.4) is 0 Å². The number of halogens is 1. The van der Waals surface area contributed by atoms with Gasteiger partial charge >= 0.3 is 5.97 Å². The van der Waals surface area contributed by atoms with E-state index in [0.717, 1.165) is 29.0 Å². The van der Waals surface area contributed by atoms with E-state index in [1.807, 2.05) is 0 Å². The van der Waals surface area contributed by atoms with E-state index in [0.29, 0.717) is 11.9 Å². The monoisotopic (exact) mass is 279 g/mol. The Kier molecular flexibility index (Phi) is 3.22. The van der Waals surface area contributed by atoms with Crippen LogP contribution in [0.25, 0.3) is 10.2 Å². The molecule has 1 aliphatic rings. The van der Waals surface area contributed by atoms with Gasteiger partial charge < -0.3 is 5.11 Å². The Morgan fingerprint density at radius 1 is 1.37 bits per heavy atom. The van der Waals surface area contributed by atoms with Gasteiger partial charge in [0.2, 0.25) is 0 Å². The van der Waals surface area contributed by atoms with Gasteiger partial charge in [0, 0.05) is 12.0 Å². The van der Waals surface area contributed by atoms with E-state index >= 15 is 0 Å². The highest BCUT2D eigenvalue weighted by atomic mass is 32.1. The van der Waals surface area contributed by atoms with E-state index < -0.39 is 5.97 Å². The summed E-state index contributed by atoms with van der Waals surface area (Å²) in [7, 11) is 0. The molecule has 1 aromatic heterocycles. The van der Waals surface area contributed by atoms with Gasteiger partial charge in [0.25, 0.3) is 0 Å². The molecule has 19 heavy (non-hydrogen) atoms. The molecule has 2 unspecified atom stereocenters. The van der Waals surface area contributed by atoms with Crippen LogP contribution in [0.1, 0.15) is 36.6 Å². The van der Waals surface area contributed by atoms with Crippen molar-refractivity contribution in [3.63, 3.8) is 0 Å². The molecule has 1 aromatic carbocycles. The zero-order valence-electron chi connectivity index (χ0n) is 10.3. The zero-order chi connectivity index (χ0) is 13.4. The van der Waals surface area contributed by atoms with Gasteiger partial charge in [-0.05, 0) is 25.0 Å². The van der Waals surface area contributed by atoms with Crippen LogP contribution in [-0.2, 0) is 4.79 Å². The summed E-state index contributed by atoms with van der Waals surface area (Å²) in [6.07, 6.45) is 3.58. The van der Waals surface area contributed by atoms with Crippen LogP contribution < -0.4 is 0 Å². The molecule has 1 N–H and O–H groups in total. The minimum absolute atomic E-state index is 0.0216. The highest BCUT2D eigenvalue weighted by Crippen LogP contribution is 2.40. The summed E-state index contributed by atoms with van der Waals surface area (Å²) in [4.78, 5) is 15.8. The number of thiazole rings is 1. The summed E-state index contributed by atoms with van der Waals surface area (Å²) >= 11 is 1.49. The Bertz CT molecular complexity index is 625. The molecule has 2 aromatic rings. The second-order valence-electron chi connectivity index (χ2n) is 5.00. The third kappa shape index (κ3) is 2.34. The third-order valence-corrected chi connectivity index (χ3v) is 4.93. The van der Waals surface area contributed by atoms with E-state index in [1.165, 1.54) is 23.5 Å². The first-order valence-electron chi connectivity index (χ1n) is 6.44. The van der Waals surface area contributed by atoms with Crippen LogP contribution in [-0.4, -0.2) is 16.1 Å². The molecule has 5 heteroatoms. The second-order valence-corrected chi connectivity index (χ2v) is 6.06. The number of carboxylic acid groups (broad SMARTS) is 1. The number of hydrogen-bond acceptors (Lipinski definition) is 3. The number of aliphatic carboxylic acids is 1. The van der Waals surface area contributed by atoms with E-state index in [9.17, 15) is 14.3 Å². The molecule has 2 atom stereocenters. The van der Waals surface area contributed by atoms with Crippen LogP contribution in [0.5, 0.6) is 0 Å². The van der Waals surface area contributed by atoms with Crippen molar-refractivity contribution in [2.24, 2.45) is 5.92 Å². The smallest absolute Gasteiger partial charge is 0.307 e. The molecule has 0 radical (unpaired) electrons. The van der Waals surface area contributed by atoms with Crippen LogP contribution >= 0.6 is 11.3 Å². The Morgan fingerprint density at radius 3 is 2.95 bits per heavy atom. The molecule has 1 saturated carbocycles. The standard InChI is InChI=1S/C14H14FNO2S/c15-8-5-6-12-11(7-8)16-13(19-12)9-3-1-2-4-10(9)14(17)18/h5-7,9-10H,1-4H2,(H,17,18). The maximum absolute atomic E-state index is 13.2. The van der Waals surface area contributed by atoms with Gasteiger partial charge in [0.15, 0.2) is 0 Å². The Labute approximate surface area is 114 Å². The van der Waals surface area contributed by atoms with Gasteiger partial charge in [-0.15, -0.1) is 11.3 Å². The van der Waals surface area contributed by atoms with Crippen molar-refractivity contribution in [2.75, 3.05) is 0 Å². The van der Waals surface area contributed by atoms with Gasteiger partial charge in [-0.25, -0.2) is 9.37 Å². The van der Waals surface area contributed by atoms with E-state index in [2.05, 4.69) is 4.98 Å². The summed E-state index contributed by atoms with van der Waals surface area (Å²) in [5.74, 6) is -1.41. The largest absolute Gasteiger partial charge is 0.481 e. The molecular weight excluding hydrogens is 265 g/mol. The molecular formula is C14H14FNO2S. The molecule has 0 saturated heterocycles. The molecule has 0 spiro atoms. The molecule has 0 amide bonds. The number of fused-ring (bicyclic) bond motifs is 1. The second kappa shape index (κ2) is 4.89. The van der Waals surface area contributed by atoms with Crippen molar-refractivity contribution in [2.45, 2.75) is 31.6 Å². The van der Waals surface area contributed by atoms with Crippen molar-refractivity contribution in [1.29, 1.82) is 0 Å². The van der Waals surface area contributed by atoms with Crippen LogP contribution in [0.15, 0.2) is 18.2 Å². The Morgan fingerprint density at radius 2 is 2.16 bits per heavy atom. The summed E-state index contributed by atoms with van der Waals surface area (Å²) < 4.78 is 14.1. The predicted molar refractivity (Wildman–Crippen MR) is 71.9 cm³/mol. The lowest BCUT2D eigenvalue weighted by molar-refractivity contribution is -0.143. The summed E-state index contributed by atoms with van der Waals surface area (Å²) in [5, 5.41) is 10.1. The first-order chi connectivity index (χ1) is 9.15. The summed E-state index contributed by atoms with van der Waals surface area (Å²) in [6.45, 7) is 0. The number of carbonyl (C=O) groups is 1. The Hall–Kier alpha value is -1.49. The number of nitrogens with zero attached hydrogens (tertiary/aromatic N) is 1. The Balaban J connectivity index is 1.99. The van der Waals surface area contributed by atoms with Crippen molar-refractivity contribution in [3.8, 4) is 0 Å². The van der Waals surface area contributed by atoms with Gasteiger partial charge in [-0.3, -0.25) is 4.79 Å². The fraction of sp³-hybridized carbons (Fsp3) is 0.429. The fourth-order valence-corrected chi connectivity index (χ4v) is 3.95. The lowest BCUT2D eigenvalue weighted by atomic mass is 9.79. The first kappa shape index (κ1) is 12.5. The first-order valence-corrected chi connectivity index (χ1v) is 7.25. The summed E-state index contributed by atoms with van der Waals surface area (Å²) in [5.41, 5.74) is 0.634. The summed E-state index contributed by atoms with van der Waals surface area (Å²) in [6, 6.07) is 4.54. The predicted octanol–water partition coefficient (Wildman–Crippen LogP) is 3.79. The molecule has 1 heterocycles. The highest BCUT2D eigenvalue weighted by Gasteiger charge is 2.33. The maximum Gasteiger partial charge on any atom is 0.307 e. The topological polar surface area (TPSA) is 50.2 Å². The lowest BCUT2D eigenvalue weighted by Crippen LogP contribution is -2.25. The normalized spacial score (nSPS) is 23.6. The maximum atomic E-state index is 13.2. The van der Waals surface area contributed by atoms with Crippen molar-refractivity contribution in [1.82, 2.24) is 4.98 Å². The number of hydrogen-bond donors (Lipinski definition) is 1. The number of carboxylic acids is 1. The van der Waals surface area contributed by atoms with Crippen molar-refractivity contribution >= 4 is 27.5 Å². The zero-order valence-corrected chi connectivity index (χ0v) is 11.1. The number of benzene rings is 1. The molecule has 3 rings (SSSR count). The third-order valence-electron chi connectivity index (χ3n) is 3.77. The molecule has 100 valence electrons. The molecule has 0 aliphatic heterocycles. The molecule has 1 fully saturated rings. The van der Waals surface area contributed by atoms with Gasteiger partial charge in [0.1, 0.15) is 5.82 Å². The van der Waals surface area contributed by atoms with Gasteiger partial charge in [-0.2, -0.15) is 0 Å². The van der Waals surface area contributed by atoms with Gasteiger partial charge in [0.05, 0.1) is 21.1 Å². The van der Waals surface area contributed by atoms with E-state index in [-0.39, 0.29) is 17.7 Å². The van der Waals surface area contributed by atoms with Gasteiger partial charge in [-0.1, -0.05) is 12.8 Å². The van der Waals surface area contributed by atoms with E-state index in [4.69, 9.17) is 0 Å². The number of rotatable bonds is 2. The lowest BCUT2D eigenvalue weighted by Gasteiger charge is -2.26. The average molecular weight is 279 g/mol. The van der Waals surface area contributed by atoms with Crippen molar-refractivity contribution in [3.05, 3.63) is 29.0 Å². The van der Waals surface area contributed by atoms with Crippen LogP contribution in [0.2, 0.25) is 0 Å². The quantitative estimate of drug-likeness (QED) is 0.909. The number of aromatic nitrogens is 1. The molecule has 1 aliphatic carbocycles. The van der Waals surface area contributed by atoms with Crippen molar-refractivity contribution < 1.29 is 14.3 Å². The minimum atomic E-state index is -0.741. The average Bonchev–Trinajstić information content (AvgIpc) is 2.81. The molecule has 3 nitrogen and oxygen atoms in total. The van der Waals surface area contributed by atoms with E-state index in [1.54, 1.807) is 6.07 Å². The highest BCUT2D eigenvalue weighted by molar-refractivity contribution is 7.18. The van der Waals surface area contributed by atoms with Crippen LogP contribution in [0, 0.1) is 11.7 Å². The SMILES string of the molecule is O=C(O)C1CCCCC1c1nc2cc(F)ccc2s1. The van der Waals surface area contributed by atoms with Crippen LogP contribution in [0.4, 0.5) is 4.39 Å².